The number of hydrogen-bond donors (Lipinski definition) is 1. The first-order valence-corrected chi connectivity index (χ1v) is 13.2. The Bertz CT molecular complexity index is 775. The Kier molecular flexibility index (Phi) is 6.63. The van der Waals surface area contributed by atoms with Gasteiger partial charge in [-0.25, -0.2) is 0 Å². The zero-order valence-electron chi connectivity index (χ0n) is 20.0. The molecule has 1 aromatic rings. The van der Waals surface area contributed by atoms with Gasteiger partial charge in [0, 0.05) is 25.6 Å². The molecule has 1 unspecified atom stereocenters. The minimum Gasteiger partial charge on any atom is -0.381 e. The van der Waals surface area contributed by atoms with Crippen molar-refractivity contribution >= 4 is 5.91 Å². The number of carbonyl (C=O) groups excluding carboxylic acids is 1. The Morgan fingerprint density at radius 3 is 2.69 bits per heavy atom. The third kappa shape index (κ3) is 4.63. The van der Waals surface area contributed by atoms with Crippen LogP contribution >= 0.6 is 0 Å². The van der Waals surface area contributed by atoms with Crippen molar-refractivity contribution in [2.45, 2.75) is 82.6 Å². The van der Waals surface area contributed by atoms with E-state index in [0.29, 0.717) is 29.7 Å². The average Bonchev–Trinajstić information content (AvgIpc) is 2.83. The van der Waals surface area contributed by atoms with Gasteiger partial charge in [-0.15, -0.1) is 0 Å². The number of benzene rings is 1. The Morgan fingerprint density at radius 1 is 1.16 bits per heavy atom. The first kappa shape index (κ1) is 22.4. The molecule has 5 aliphatic rings. The van der Waals surface area contributed by atoms with Gasteiger partial charge in [0.1, 0.15) is 0 Å². The molecule has 3 saturated heterocycles. The molecule has 1 aromatic carbocycles. The van der Waals surface area contributed by atoms with Crippen molar-refractivity contribution in [1.82, 2.24) is 10.2 Å². The molecular formula is C28H42N2O2. The molecular weight excluding hydrogens is 396 g/mol. The van der Waals surface area contributed by atoms with Crippen molar-refractivity contribution in [3.05, 3.63) is 35.9 Å². The molecule has 5 fully saturated rings. The highest BCUT2D eigenvalue weighted by Gasteiger charge is 2.51. The number of fused-ring (bicyclic) bond motifs is 5. The van der Waals surface area contributed by atoms with Crippen LogP contribution in [0.4, 0.5) is 0 Å². The summed E-state index contributed by atoms with van der Waals surface area (Å²) >= 11 is 0. The van der Waals surface area contributed by atoms with Crippen LogP contribution in [0.1, 0.15) is 76.7 Å². The highest BCUT2D eigenvalue weighted by atomic mass is 16.5. The molecule has 1 N–H and O–H groups in total. The van der Waals surface area contributed by atoms with Crippen molar-refractivity contribution in [2.75, 3.05) is 32.8 Å². The Hall–Kier alpha value is -1.39. The van der Waals surface area contributed by atoms with Gasteiger partial charge >= 0.3 is 0 Å². The van der Waals surface area contributed by atoms with E-state index in [1.165, 1.54) is 70.0 Å². The summed E-state index contributed by atoms with van der Waals surface area (Å²) in [4.78, 5) is 15.4. The molecule has 3 aliphatic heterocycles. The van der Waals surface area contributed by atoms with Crippen molar-refractivity contribution < 1.29 is 9.53 Å². The van der Waals surface area contributed by atoms with Crippen molar-refractivity contribution in [1.29, 1.82) is 0 Å². The zero-order chi connectivity index (χ0) is 22.0. The number of amides is 1. The van der Waals surface area contributed by atoms with Crippen LogP contribution in [0.15, 0.2) is 30.3 Å². The molecule has 4 nitrogen and oxygen atoms in total. The summed E-state index contributed by atoms with van der Waals surface area (Å²) in [5.74, 6) is 1.60. The normalized spacial score (nSPS) is 38.4. The lowest BCUT2D eigenvalue weighted by atomic mass is 9.50. The minimum atomic E-state index is 0.270. The maximum atomic E-state index is 12.9. The quantitative estimate of drug-likeness (QED) is 0.626. The van der Waals surface area contributed by atoms with Crippen LogP contribution in [0.5, 0.6) is 0 Å². The molecule has 32 heavy (non-hydrogen) atoms. The third-order valence-electron chi connectivity index (χ3n) is 9.26. The van der Waals surface area contributed by atoms with Crippen molar-refractivity contribution in [3.63, 3.8) is 0 Å². The fourth-order valence-corrected chi connectivity index (χ4v) is 7.89. The van der Waals surface area contributed by atoms with E-state index in [1.807, 2.05) is 0 Å². The second-order valence-electron chi connectivity index (χ2n) is 11.4. The monoisotopic (exact) mass is 438 g/mol. The summed E-state index contributed by atoms with van der Waals surface area (Å²) in [6, 6.07) is 11.6. The van der Waals surface area contributed by atoms with E-state index in [2.05, 4.69) is 47.5 Å². The van der Waals surface area contributed by atoms with E-state index < -0.39 is 0 Å². The molecule has 1 amide bonds. The van der Waals surface area contributed by atoms with Gasteiger partial charge in [-0.05, 0) is 99.6 Å². The summed E-state index contributed by atoms with van der Waals surface area (Å²) in [5.41, 5.74) is 2.08. The van der Waals surface area contributed by atoms with E-state index in [1.54, 1.807) is 0 Å². The van der Waals surface area contributed by atoms with Gasteiger partial charge < -0.3 is 15.0 Å². The maximum Gasteiger partial charge on any atom is 0.220 e. The van der Waals surface area contributed by atoms with Gasteiger partial charge in [0.2, 0.25) is 5.91 Å². The van der Waals surface area contributed by atoms with E-state index in [0.717, 1.165) is 26.2 Å². The van der Waals surface area contributed by atoms with Crippen LogP contribution in [0.25, 0.3) is 0 Å². The van der Waals surface area contributed by atoms with Gasteiger partial charge in [0.25, 0.3) is 0 Å². The molecule has 6 rings (SSSR count). The largest absolute Gasteiger partial charge is 0.381 e. The van der Waals surface area contributed by atoms with Gasteiger partial charge in [0.05, 0.1) is 6.61 Å². The molecule has 3 heterocycles. The van der Waals surface area contributed by atoms with Crippen LogP contribution in [-0.4, -0.2) is 49.7 Å². The number of hydrogen-bond acceptors (Lipinski definition) is 3. The molecule has 0 aromatic heterocycles. The lowest BCUT2D eigenvalue weighted by Crippen LogP contribution is -2.57. The highest BCUT2D eigenvalue weighted by molar-refractivity contribution is 5.76. The van der Waals surface area contributed by atoms with Crippen molar-refractivity contribution in [3.8, 4) is 0 Å². The number of nitrogens with one attached hydrogen (secondary N) is 1. The van der Waals surface area contributed by atoms with Gasteiger partial charge in [-0.3, -0.25) is 4.79 Å². The number of nitrogens with zero attached hydrogens (tertiary/aromatic N) is 1. The number of ether oxygens (including phenoxy) is 1. The van der Waals surface area contributed by atoms with Crippen LogP contribution in [-0.2, 0) is 14.9 Å². The fourth-order valence-electron chi connectivity index (χ4n) is 7.89. The minimum absolute atomic E-state index is 0.270. The Morgan fingerprint density at radius 2 is 1.97 bits per heavy atom. The van der Waals surface area contributed by atoms with E-state index in [9.17, 15) is 4.79 Å². The second-order valence-corrected chi connectivity index (χ2v) is 11.4. The topological polar surface area (TPSA) is 41.6 Å². The molecule has 176 valence electrons. The molecule has 2 saturated carbocycles. The molecule has 0 radical (unpaired) electrons. The second kappa shape index (κ2) is 9.46. The lowest BCUT2D eigenvalue weighted by molar-refractivity contribution is -0.124. The number of piperidine rings is 3. The predicted octanol–water partition coefficient (Wildman–Crippen LogP) is 4.92. The SMILES string of the molecule is CCOC[C@@]12CCC[C@@](c3ccccc3)(CC(CCC(=O)N[C@H]3CN4CCC3CC4)C1)C2. The smallest absolute Gasteiger partial charge is 0.220 e. The Balaban J connectivity index is 1.25. The lowest BCUT2D eigenvalue weighted by Gasteiger charge is -2.55. The molecule has 4 atom stereocenters. The fraction of sp³-hybridized carbons (Fsp3) is 0.750. The van der Waals surface area contributed by atoms with Crippen LogP contribution in [0, 0.1) is 17.3 Å². The predicted molar refractivity (Wildman–Crippen MR) is 129 cm³/mol. The van der Waals surface area contributed by atoms with Crippen molar-refractivity contribution in [2.24, 2.45) is 17.3 Å². The van der Waals surface area contributed by atoms with Crippen LogP contribution < -0.4 is 5.32 Å². The molecule has 4 heteroatoms. The zero-order valence-corrected chi connectivity index (χ0v) is 20.0. The Labute approximate surface area is 194 Å². The van der Waals surface area contributed by atoms with Crippen LogP contribution in [0.3, 0.4) is 0 Å². The molecule has 4 bridgehead atoms. The van der Waals surface area contributed by atoms with E-state index in [-0.39, 0.29) is 11.3 Å². The summed E-state index contributed by atoms with van der Waals surface area (Å²) in [7, 11) is 0. The number of rotatable bonds is 8. The summed E-state index contributed by atoms with van der Waals surface area (Å²) in [5, 5.41) is 3.42. The standard InChI is InChI=1S/C28H42N2O2/c1-2-32-21-27-13-6-14-28(20-27,24-7-4-3-5-8-24)18-22(17-27)9-10-26(31)29-25-19-30-15-11-23(25)12-16-30/h3-5,7-8,22-23,25H,2,6,9-21H2,1H3,(H,29,31)/t22?,25-,27-,28+/m0/s1. The van der Waals surface area contributed by atoms with E-state index in [4.69, 9.17) is 4.74 Å². The van der Waals surface area contributed by atoms with Crippen LogP contribution in [0.2, 0.25) is 0 Å². The molecule has 0 spiro atoms. The summed E-state index contributed by atoms with van der Waals surface area (Å²) in [6.07, 6.45) is 11.8. The maximum absolute atomic E-state index is 12.9. The first-order chi connectivity index (χ1) is 15.6. The summed E-state index contributed by atoms with van der Waals surface area (Å²) < 4.78 is 6.05. The van der Waals surface area contributed by atoms with Gasteiger partial charge in [-0.1, -0.05) is 36.8 Å². The summed E-state index contributed by atoms with van der Waals surface area (Å²) in [6.45, 7) is 7.32. The average molecular weight is 439 g/mol. The van der Waals surface area contributed by atoms with Gasteiger partial charge in [-0.2, -0.15) is 0 Å². The molecule has 2 aliphatic carbocycles. The highest BCUT2D eigenvalue weighted by Crippen LogP contribution is 2.59. The number of carbonyl (C=O) groups is 1. The van der Waals surface area contributed by atoms with Gasteiger partial charge in [0.15, 0.2) is 0 Å². The van der Waals surface area contributed by atoms with E-state index >= 15 is 0 Å². The third-order valence-corrected chi connectivity index (χ3v) is 9.26. The first-order valence-electron chi connectivity index (χ1n) is 13.2.